The smallest absolute Gasteiger partial charge is 0.149 e. The number of aryl methyl sites for hydroxylation is 1. The van der Waals surface area contributed by atoms with Crippen molar-refractivity contribution < 1.29 is 5.11 Å². The molecule has 1 heterocycles. The minimum atomic E-state index is -0.602. The van der Waals surface area contributed by atoms with Crippen molar-refractivity contribution in [1.82, 2.24) is 4.98 Å². The third-order valence-electron chi connectivity index (χ3n) is 3.67. The van der Waals surface area contributed by atoms with Crippen LogP contribution in [0.25, 0.3) is 0 Å². The van der Waals surface area contributed by atoms with E-state index in [1.54, 1.807) is 6.20 Å². The van der Waals surface area contributed by atoms with Crippen LogP contribution < -0.4 is 11.1 Å². The Kier molecular flexibility index (Phi) is 4.07. The van der Waals surface area contributed by atoms with Gasteiger partial charge >= 0.3 is 0 Å². The second-order valence-corrected chi connectivity index (χ2v) is 5.44. The molecule has 1 saturated carbocycles. The van der Waals surface area contributed by atoms with Crippen molar-refractivity contribution >= 4 is 11.5 Å². The third kappa shape index (κ3) is 3.35. The molecule has 0 radical (unpaired) electrons. The van der Waals surface area contributed by atoms with Crippen LogP contribution in [0.1, 0.15) is 44.1 Å². The summed E-state index contributed by atoms with van der Waals surface area (Å²) in [4.78, 5) is 4.27. The minimum Gasteiger partial charge on any atom is -0.396 e. The summed E-state index contributed by atoms with van der Waals surface area (Å²) in [7, 11) is 0. The molecule has 0 aliphatic heterocycles. The zero-order valence-corrected chi connectivity index (χ0v) is 11.1. The van der Waals surface area contributed by atoms with Crippen molar-refractivity contribution in [2.24, 2.45) is 0 Å². The van der Waals surface area contributed by atoms with E-state index in [4.69, 9.17) is 5.73 Å². The number of nitrogens with one attached hydrogen (secondary N) is 1. The second kappa shape index (κ2) is 5.57. The van der Waals surface area contributed by atoms with Gasteiger partial charge in [-0.05, 0) is 31.4 Å². The maximum atomic E-state index is 10.5. The Morgan fingerprint density at radius 2 is 2.00 bits per heavy atom. The highest BCUT2D eigenvalue weighted by Crippen LogP contribution is 2.27. The minimum absolute atomic E-state index is 0.535. The third-order valence-corrected chi connectivity index (χ3v) is 3.67. The molecule has 100 valence electrons. The van der Waals surface area contributed by atoms with Gasteiger partial charge in [-0.2, -0.15) is 0 Å². The van der Waals surface area contributed by atoms with Crippen LogP contribution in [0, 0.1) is 6.92 Å². The summed E-state index contributed by atoms with van der Waals surface area (Å²) in [5.74, 6) is 0.679. The Hall–Kier alpha value is -1.29. The van der Waals surface area contributed by atoms with E-state index < -0.39 is 5.60 Å². The molecule has 1 fully saturated rings. The number of pyridine rings is 1. The lowest BCUT2D eigenvalue weighted by molar-refractivity contribution is 0.0381. The molecular formula is C14H23N3O. The molecule has 1 aromatic heterocycles. The predicted octanol–water partition coefficient (Wildman–Crippen LogP) is 2.47. The first-order valence-corrected chi connectivity index (χ1v) is 6.77. The van der Waals surface area contributed by atoms with Gasteiger partial charge in [-0.1, -0.05) is 25.7 Å². The molecule has 1 aromatic rings. The van der Waals surface area contributed by atoms with Crippen LogP contribution in [0.5, 0.6) is 0 Å². The average molecular weight is 249 g/mol. The van der Waals surface area contributed by atoms with Crippen molar-refractivity contribution in [3.05, 3.63) is 17.8 Å². The van der Waals surface area contributed by atoms with Gasteiger partial charge in [-0.3, -0.25) is 0 Å². The number of anilines is 2. The van der Waals surface area contributed by atoms with Crippen molar-refractivity contribution in [2.75, 3.05) is 17.6 Å². The van der Waals surface area contributed by atoms with Crippen molar-refractivity contribution in [3.8, 4) is 0 Å². The van der Waals surface area contributed by atoms with Gasteiger partial charge in [0, 0.05) is 12.7 Å². The normalized spacial score (nSPS) is 19.2. The summed E-state index contributed by atoms with van der Waals surface area (Å²) >= 11 is 0. The molecule has 4 N–H and O–H groups in total. The zero-order chi connectivity index (χ0) is 13.0. The number of rotatable bonds is 3. The lowest BCUT2D eigenvalue weighted by Crippen LogP contribution is -2.36. The molecule has 1 aliphatic carbocycles. The van der Waals surface area contributed by atoms with E-state index in [0.717, 1.165) is 31.2 Å². The Morgan fingerprint density at radius 1 is 1.33 bits per heavy atom. The van der Waals surface area contributed by atoms with Gasteiger partial charge in [-0.25, -0.2) is 4.98 Å². The van der Waals surface area contributed by atoms with Crippen molar-refractivity contribution in [2.45, 2.75) is 51.0 Å². The largest absolute Gasteiger partial charge is 0.396 e. The first kappa shape index (κ1) is 13.1. The monoisotopic (exact) mass is 249 g/mol. The summed E-state index contributed by atoms with van der Waals surface area (Å²) in [6.45, 7) is 2.50. The van der Waals surface area contributed by atoms with E-state index in [-0.39, 0.29) is 0 Å². The van der Waals surface area contributed by atoms with Crippen LogP contribution in [0.3, 0.4) is 0 Å². The van der Waals surface area contributed by atoms with Crippen LogP contribution in [0.2, 0.25) is 0 Å². The first-order chi connectivity index (χ1) is 8.59. The zero-order valence-electron chi connectivity index (χ0n) is 11.1. The molecule has 0 bridgehead atoms. The van der Waals surface area contributed by atoms with Gasteiger partial charge < -0.3 is 16.2 Å². The van der Waals surface area contributed by atoms with E-state index in [9.17, 15) is 5.11 Å². The summed E-state index contributed by atoms with van der Waals surface area (Å²) in [6.07, 6.45) is 8.19. The fourth-order valence-electron chi connectivity index (χ4n) is 2.55. The average Bonchev–Trinajstić information content (AvgIpc) is 2.54. The molecule has 0 atom stereocenters. The maximum absolute atomic E-state index is 10.5. The lowest BCUT2D eigenvalue weighted by atomic mass is 9.94. The molecule has 0 amide bonds. The molecule has 1 aliphatic rings. The Labute approximate surface area is 109 Å². The number of hydrogen-bond acceptors (Lipinski definition) is 4. The van der Waals surface area contributed by atoms with Gasteiger partial charge in [0.15, 0.2) is 0 Å². The van der Waals surface area contributed by atoms with E-state index >= 15 is 0 Å². The first-order valence-electron chi connectivity index (χ1n) is 6.77. The van der Waals surface area contributed by atoms with Crippen molar-refractivity contribution in [1.29, 1.82) is 0 Å². The fourth-order valence-corrected chi connectivity index (χ4v) is 2.55. The van der Waals surface area contributed by atoms with Crippen LogP contribution >= 0.6 is 0 Å². The summed E-state index contributed by atoms with van der Waals surface area (Å²) in [6, 6.07) is 1.90. The highest BCUT2D eigenvalue weighted by molar-refractivity contribution is 5.61. The molecule has 0 aromatic carbocycles. The molecular weight excluding hydrogens is 226 g/mol. The van der Waals surface area contributed by atoms with Crippen LogP contribution in [-0.2, 0) is 0 Å². The highest BCUT2D eigenvalue weighted by Gasteiger charge is 2.27. The number of nitrogen functional groups attached to an aromatic ring is 1. The second-order valence-electron chi connectivity index (χ2n) is 5.44. The summed E-state index contributed by atoms with van der Waals surface area (Å²) in [5.41, 5.74) is 7.00. The quantitative estimate of drug-likeness (QED) is 0.720. The van der Waals surface area contributed by atoms with E-state index in [0.29, 0.717) is 18.1 Å². The molecule has 4 heteroatoms. The molecule has 4 nitrogen and oxygen atoms in total. The van der Waals surface area contributed by atoms with E-state index in [1.165, 1.54) is 12.8 Å². The number of aliphatic hydroxyl groups is 1. The Morgan fingerprint density at radius 3 is 2.61 bits per heavy atom. The van der Waals surface area contributed by atoms with Gasteiger partial charge in [0.1, 0.15) is 5.82 Å². The molecule has 2 rings (SSSR count). The summed E-state index contributed by atoms with van der Waals surface area (Å²) in [5, 5.41) is 13.7. The molecule has 18 heavy (non-hydrogen) atoms. The van der Waals surface area contributed by atoms with E-state index in [1.807, 2.05) is 13.0 Å². The molecule has 0 unspecified atom stereocenters. The SMILES string of the molecule is Cc1cnc(NCC2(O)CCCCCC2)c(N)c1. The van der Waals surface area contributed by atoms with Crippen LogP contribution in [-0.4, -0.2) is 22.2 Å². The van der Waals surface area contributed by atoms with Gasteiger partial charge in [0.2, 0.25) is 0 Å². The van der Waals surface area contributed by atoms with Crippen molar-refractivity contribution in [3.63, 3.8) is 0 Å². The van der Waals surface area contributed by atoms with Crippen LogP contribution in [0.4, 0.5) is 11.5 Å². The molecule has 0 saturated heterocycles. The van der Waals surface area contributed by atoms with Gasteiger partial charge in [0.25, 0.3) is 0 Å². The Bertz CT molecular complexity index is 398. The highest BCUT2D eigenvalue weighted by atomic mass is 16.3. The van der Waals surface area contributed by atoms with E-state index in [2.05, 4.69) is 10.3 Å². The maximum Gasteiger partial charge on any atom is 0.149 e. The number of aromatic nitrogens is 1. The standard InChI is InChI=1S/C14H23N3O/c1-11-8-12(15)13(16-9-11)17-10-14(18)6-4-2-3-5-7-14/h8-9,18H,2-7,10,15H2,1H3,(H,16,17). The van der Waals surface area contributed by atoms with Gasteiger partial charge in [-0.15, -0.1) is 0 Å². The topological polar surface area (TPSA) is 71.2 Å². The number of hydrogen-bond donors (Lipinski definition) is 3. The Balaban J connectivity index is 1.97. The molecule has 0 spiro atoms. The predicted molar refractivity (Wildman–Crippen MR) is 74.5 cm³/mol. The van der Waals surface area contributed by atoms with Crippen LogP contribution in [0.15, 0.2) is 12.3 Å². The fraction of sp³-hybridized carbons (Fsp3) is 0.643. The lowest BCUT2D eigenvalue weighted by Gasteiger charge is -2.27. The number of nitrogens with zero attached hydrogens (tertiary/aromatic N) is 1. The van der Waals surface area contributed by atoms with Gasteiger partial charge in [0.05, 0.1) is 11.3 Å². The number of nitrogens with two attached hydrogens (primary N) is 1. The summed E-state index contributed by atoms with van der Waals surface area (Å²) < 4.78 is 0.